The van der Waals surface area contributed by atoms with Gasteiger partial charge < -0.3 is 14.8 Å². The van der Waals surface area contributed by atoms with Gasteiger partial charge >= 0.3 is 5.97 Å². The second-order valence-electron chi connectivity index (χ2n) is 8.34. The van der Waals surface area contributed by atoms with Crippen molar-refractivity contribution in [2.45, 2.75) is 20.4 Å². The van der Waals surface area contributed by atoms with Crippen LogP contribution in [-0.2, 0) is 6.54 Å². The number of rotatable bonds is 6. The minimum Gasteiger partial charge on any atom is -0.478 e. The molecule has 0 aliphatic rings. The SMILES string of the molecule is Cc1cc(C)cc(-c2ccc3c(NCc4ccc(C(=O)O)cc4)nc(-c4ccco4)nc3c2)c1. The van der Waals surface area contributed by atoms with Crippen LogP contribution in [0.25, 0.3) is 33.6 Å². The van der Waals surface area contributed by atoms with E-state index in [1.165, 1.54) is 11.1 Å². The summed E-state index contributed by atoms with van der Waals surface area (Å²) < 4.78 is 5.56. The molecule has 2 N–H and O–H groups in total. The van der Waals surface area contributed by atoms with Crippen LogP contribution in [0.5, 0.6) is 0 Å². The number of nitrogens with one attached hydrogen (secondary N) is 1. The molecule has 0 saturated carbocycles. The lowest BCUT2D eigenvalue weighted by Crippen LogP contribution is -2.05. The van der Waals surface area contributed by atoms with E-state index in [0.717, 1.165) is 27.6 Å². The summed E-state index contributed by atoms with van der Waals surface area (Å²) in [6, 6.07) is 23.1. The molecule has 0 unspecified atom stereocenters. The molecule has 0 aliphatic heterocycles. The van der Waals surface area contributed by atoms with E-state index >= 15 is 0 Å². The number of aromatic carboxylic acids is 1. The lowest BCUT2D eigenvalue weighted by molar-refractivity contribution is 0.0697. The summed E-state index contributed by atoms with van der Waals surface area (Å²) in [4.78, 5) is 20.6. The number of aryl methyl sites for hydroxylation is 2. The van der Waals surface area contributed by atoms with Gasteiger partial charge in [-0.25, -0.2) is 14.8 Å². The van der Waals surface area contributed by atoms with Crippen molar-refractivity contribution in [1.82, 2.24) is 9.97 Å². The lowest BCUT2D eigenvalue weighted by atomic mass is 9.99. The monoisotopic (exact) mass is 449 g/mol. The second kappa shape index (κ2) is 8.83. The first-order valence-corrected chi connectivity index (χ1v) is 11.0. The first-order valence-electron chi connectivity index (χ1n) is 11.0. The maximum atomic E-state index is 11.1. The van der Waals surface area contributed by atoms with Gasteiger partial charge in [0.15, 0.2) is 11.6 Å². The molecule has 3 aromatic carbocycles. The minimum absolute atomic E-state index is 0.259. The van der Waals surface area contributed by atoms with Crippen molar-refractivity contribution in [2.75, 3.05) is 5.32 Å². The largest absolute Gasteiger partial charge is 0.478 e. The van der Waals surface area contributed by atoms with E-state index in [0.29, 0.717) is 23.9 Å². The molecule has 0 amide bonds. The van der Waals surface area contributed by atoms with Crippen LogP contribution in [0.15, 0.2) is 83.5 Å². The third kappa shape index (κ3) is 4.38. The molecule has 0 atom stereocenters. The average Bonchev–Trinajstić information content (AvgIpc) is 3.37. The Morgan fingerprint density at radius 3 is 2.35 bits per heavy atom. The third-order valence-electron chi connectivity index (χ3n) is 5.65. The fraction of sp³-hybridized carbons (Fsp3) is 0.107. The van der Waals surface area contributed by atoms with Crippen molar-refractivity contribution >= 4 is 22.7 Å². The first kappa shape index (κ1) is 21.4. The van der Waals surface area contributed by atoms with Crippen LogP contribution in [0, 0.1) is 13.8 Å². The smallest absolute Gasteiger partial charge is 0.335 e. The highest BCUT2D eigenvalue weighted by Crippen LogP contribution is 2.30. The number of furan rings is 1. The van der Waals surface area contributed by atoms with E-state index in [1.54, 1.807) is 30.5 Å². The number of hydrogen-bond acceptors (Lipinski definition) is 5. The topological polar surface area (TPSA) is 88.2 Å². The summed E-state index contributed by atoms with van der Waals surface area (Å²) in [7, 11) is 0. The van der Waals surface area contributed by atoms with E-state index in [2.05, 4.69) is 49.5 Å². The van der Waals surface area contributed by atoms with Crippen molar-refractivity contribution in [1.29, 1.82) is 0 Å². The number of anilines is 1. The van der Waals surface area contributed by atoms with Crippen LogP contribution >= 0.6 is 0 Å². The molecule has 0 fully saturated rings. The van der Waals surface area contributed by atoms with Crippen molar-refractivity contribution in [3.63, 3.8) is 0 Å². The number of carbonyl (C=O) groups is 1. The van der Waals surface area contributed by atoms with Gasteiger partial charge in [0.25, 0.3) is 0 Å². The molecule has 6 heteroatoms. The highest BCUT2D eigenvalue weighted by molar-refractivity contribution is 5.93. The Balaban J connectivity index is 1.55. The predicted octanol–water partition coefficient (Wildman–Crippen LogP) is 6.48. The molecule has 6 nitrogen and oxygen atoms in total. The van der Waals surface area contributed by atoms with Gasteiger partial charge in [-0.15, -0.1) is 0 Å². The van der Waals surface area contributed by atoms with Gasteiger partial charge in [-0.3, -0.25) is 0 Å². The fourth-order valence-electron chi connectivity index (χ4n) is 4.05. The van der Waals surface area contributed by atoms with Crippen molar-refractivity contribution in [3.05, 3.63) is 101 Å². The molecule has 0 saturated heterocycles. The van der Waals surface area contributed by atoms with E-state index in [1.807, 2.05) is 18.2 Å². The number of carboxylic acids is 1. The van der Waals surface area contributed by atoms with Gasteiger partial charge in [-0.2, -0.15) is 0 Å². The number of benzene rings is 3. The van der Waals surface area contributed by atoms with E-state index in [4.69, 9.17) is 19.5 Å². The van der Waals surface area contributed by atoms with Crippen molar-refractivity contribution < 1.29 is 14.3 Å². The molecule has 0 bridgehead atoms. The molecule has 2 heterocycles. The Labute approximate surface area is 196 Å². The number of carboxylic acid groups (broad SMARTS) is 1. The third-order valence-corrected chi connectivity index (χ3v) is 5.65. The summed E-state index contributed by atoms with van der Waals surface area (Å²) >= 11 is 0. The molecule has 34 heavy (non-hydrogen) atoms. The zero-order valence-electron chi connectivity index (χ0n) is 18.9. The van der Waals surface area contributed by atoms with Crippen LogP contribution in [0.2, 0.25) is 0 Å². The molecule has 168 valence electrons. The molecule has 5 rings (SSSR count). The highest BCUT2D eigenvalue weighted by atomic mass is 16.4. The van der Waals surface area contributed by atoms with E-state index in [9.17, 15) is 4.79 Å². The molecule has 2 aromatic heterocycles. The number of nitrogens with zero attached hydrogens (tertiary/aromatic N) is 2. The zero-order chi connectivity index (χ0) is 23.7. The predicted molar refractivity (Wildman–Crippen MR) is 133 cm³/mol. The molecule has 0 radical (unpaired) electrons. The standard InChI is InChI=1S/C28H23N3O3/c1-17-12-18(2)14-22(13-17)21-9-10-23-24(15-21)30-27(25-4-3-11-34-25)31-26(23)29-16-19-5-7-20(8-6-19)28(32)33/h3-15H,16H2,1-2H3,(H,32,33)(H,29,30,31). The van der Waals surface area contributed by atoms with Gasteiger partial charge in [-0.1, -0.05) is 47.5 Å². The van der Waals surface area contributed by atoms with Gasteiger partial charge in [-0.05, 0) is 66.9 Å². The summed E-state index contributed by atoms with van der Waals surface area (Å²) in [5.74, 6) is 0.834. The summed E-state index contributed by atoms with van der Waals surface area (Å²) in [5, 5.41) is 13.4. The fourth-order valence-corrected chi connectivity index (χ4v) is 4.05. The Morgan fingerprint density at radius 2 is 1.68 bits per heavy atom. The number of fused-ring (bicyclic) bond motifs is 1. The van der Waals surface area contributed by atoms with Crippen molar-refractivity contribution in [2.24, 2.45) is 0 Å². The van der Waals surface area contributed by atoms with Crippen LogP contribution in [0.1, 0.15) is 27.0 Å². The summed E-state index contributed by atoms with van der Waals surface area (Å²) in [5.41, 5.74) is 6.67. The maximum Gasteiger partial charge on any atom is 0.335 e. The molecular weight excluding hydrogens is 426 g/mol. The second-order valence-corrected chi connectivity index (χ2v) is 8.34. The molecule has 0 spiro atoms. The van der Waals surface area contributed by atoms with Gasteiger partial charge in [0, 0.05) is 11.9 Å². The number of aromatic nitrogens is 2. The van der Waals surface area contributed by atoms with Crippen LogP contribution in [0.4, 0.5) is 5.82 Å². The van der Waals surface area contributed by atoms with Crippen molar-refractivity contribution in [3.8, 4) is 22.7 Å². The van der Waals surface area contributed by atoms with Gasteiger partial charge in [0.05, 0.1) is 17.3 Å². The van der Waals surface area contributed by atoms with Crippen LogP contribution in [-0.4, -0.2) is 21.0 Å². The Hall–Kier alpha value is -4.45. The van der Waals surface area contributed by atoms with E-state index in [-0.39, 0.29) is 5.56 Å². The Kier molecular flexibility index (Phi) is 5.55. The van der Waals surface area contributed by atoms with Gasteiger partial charge in [0.1, 0.15) is 5.82 Å². The van der Waals surface area contributed by atoms with Gasteiger partial charge in [0.2, 0.25) is 0 Å². The van der Waals surface area contributed by atoms with Crippen LogP contribution < -0.4 is 5.32 Å². The Bertz CT molecular complexity index is 1470. The Morgan fingerprint density at radius 1 is 0.912 bits per heavy atom. The normalized spacial score (nSPS) is 11.0. The molecule has 5 aromatic rings. The first-order chi connectivity index (χ1) is 16.5. The molecule has 0 aliphatic carbocycles. The lowest BCUT2D eigenvalue weighted by Gasteiger charge is -2.12. The van der Waals surface area contributed by atoms with Crippen LogP contribution in [0.3, 0.4) is 0 Å². The summed E-state index contributed by atoms with van der Waals surface area (Å²) in [6.07, 6.45) is 1.60. The highest BCUT2D eigenvalue weighted by Gasteiger charge is 2.13. The maximum absolute atomic E-state index is 11.1. The zero-order valence-corrected chi connectivity index (χ0v) is 18.9. The minimum atomic E-state index is -0.941. The molecular formula is C28H23N3O3. The number of hydrogen-bond donors (Lipinski definition) is 2. The van der Waals surface area contributed by atoms with E-state index < -0.39 is 5.97 Å². The average molecular weight is 450 g/mol. The summed E-state index contributed by atoms with van der Waals surface area (Å²) in [6.45, 7) is 4.68. The quantitative estimate of drug-likeness (QED) is 0.308.